The van der Waals surface area contributed by atoms with Gasteiger partial charge in [0.2, 0.25) is 0 Å². The van der Waals surface area contributed by atoms with Gasteiger partial charge in [-0.25, -0.2) is 17.2 Å². The molecule has 0 spiro atoms. The summed E-state index contributed by atoms with van der Waals surface area (Å²) in [6.07, 6.45) is 0. The Morgan fingerprint density at radius 1 is 1.05 bits per heavy atom. The zero-order valence-corrected chi connectivity index (χ0v) is 11.3. The van der Waals surface area contributed by atoms with Gasteiger partial charge in [-0.15, -0.1) is 0 Å². The quantitative estimate of drug-likeness (QED) is 0.882. The van der Waals surface area contributed by atoms with Crippen molar-refractivity contribution in [2.75, 3.05) is 5.75 Å². The van der Waals surface area contributed by atoms with Crippen LogP contribution in [0.2, 0.25) is 0 Å². The minimum Gasteiger partial charge on any atom is -0.323 e. The minimum absolute atomic E-state index is 0.445. The van der Waals surface area contributed by atoms with Gasteiger partial charge in [-0.1, -0.05) is 30.3 Å². The first kappa shape index (κ1) is 14.6. The maximum absolute atomic E-state index is 13.5. The molecule has 0 aromatic heterocycles. The predicted molar refractivity (Wildman–Crippen MR) is 71.8 cm³/mol. The molecule has 2 aromatic carbocycles. The number of nitrogens with two attached hydrogens (primary N) is 1. The Hall–Kier alpha value is -1.79. The second-order valence-corrected chi connectivity index (χ2v) is 6.38. The smallest absolute Gasteiger partial charge is 0.183 e. The summed E-state index contributed by atoms with van der Waals surface area (Å²) in [5, 5.41) is 0. The van der Waals surface area contributed by atoms with Crippen molar-refractivity contribution in [3.05, 3.63) is 65.7 Å². The van der Waals surface area contributed by atoms with E-state index in [4.69, 9.17) is 5.73 Å². The molecule has 1 unspecified atom stereocenters. The molecule has 0 aliphatic carbocycles. The van der Waals surface area contributed by atoms with E-state index in [1.807, 2.05) is 0 Å². The van der Waals surface area contributed by atoms with E-state index in [1.54, 1.807) is 30.3 Å². The van der Waals surface area contributed by atoms with Crippen LogP contribution in [0, 0.1) is 11.6 Å². The summed E-state index contributed by atoms with van der Waals surface area (Å²) in [6.45, 7) is 0. The molecule has 0 amide bonds. The lowest BCUT2D eigenvalue weighted by Crippen LogP contribution is -2.22. The van der Waals surface area contributed by atoms with Crippen LogP contribution in [0.3, 0.4) is 0 Å². The number of hydrogen-bond donors (Lipinski definition) is 1. The minimum atomic E-state index is -3.92. The fourth-order valence-corrected chi connectivity index (χ4v) is 3.33. The molecule has 6 heteroatoms. The second-order valence-electron chi connectivity index (χ2n) is 4.37. The number of sulfone groups is 1. The lowest BCUT2D eigenvalue weighted by atomic mass is 10.1. The molecule has 0 aliphatic rings. The highest BCUT2D eigenvalue weighted by Crippen LogP contribution is 2.21. The average Bonchev–Trinajstić information content (AvgIpc) is 2.38. The summed E-state index contributed by atoms with van der Waals surface area (Å²) >= 11 is 0. The van der Waals surface area contributed by atoms with Gasteiger partial charge in [0, 0.05) is 12.1 Å². The van der Waals surface area contributed by atoms with E-state index in [0.29, 0.717) is 11.6 Å². The molecule has 0 saturated carbocycles. The van der Waals surface area contributed by atoms with Crippen LogP contribution in [-0.2, 0) is 9.84 Å². The largest absolute Gasteiger partial charge is 0.323 e. The molecule has 0 bridgehead atoms. The van der Waals surface area contributed by atoms with Gasteiger partial charge in [-0.2, -0.15) is 0 Å². The molecule has 0 saturated heterocycles. The van der Waals surface area contributed by atoms with Crippen molar-refractivity contribution >= 4 is 9.84 Å². The molecule has 1 atom stereocenters. The summed E-state index contributed by atoms with van der Waals surface area (Å²) < 4.78 is 50.6. The Morgan fingerprint density at radius 2 is 1.70 bits per heavy atom. The summed E-state index contributed by atoms with van der Waals surface area (Å²) in [5.41, 5.74) is 6.46. The number of halogens is 2. The van der Waals surface area contributed by atoms with Gasteiger partial charge in [-0.3, -0.25) is 0 Å². The SMILES string of the molecule is NC(CS(=O)(=O)c1ccc(F)cc1F)c1ccccc1. The number of hydrogen-bond acceptors (Lipinski definition) is 3. The molecule has 0 aliphatic heterocycles. The normalized spacial score (nSPS) is 13.2. The molecule has 2 rings (SSSR count). The zero-order valence-electron chi connectivity index (χ0n) is 10.5. The van der Waals surface area contributed by atoms with Crippen LogP contribution >= 0.6 is 0 Å². The third kappa shape index (κ3) is 3.20. The van der Waals surface area contributed by atoms with Gasteiger partial charge in [-0.05, 0) is 17.7 Å². The molecule has 2 aromatic rings. The van der Waals surface area contributed by atoms with Crippen molar-refractivity contribution in [1.29, 1.82) is 0 Å². The van der Waals surface area contributed by atoms with E-state index >= 15 is 0 Å². The lowest BCUT2D eigenvalue weighted by Gasteiger charge is -2.13. The summed E-state index contributed by atoms with van der Waals surface area (Å²) in [4.78, 5) is -0.537. The fourth-order valence-electron chi connectivity index (χ4n) is 1.85. The third-order valence-corrected chi connectivity index (χ3v) is 4.65. The lowest BCUT2D eigenvalue weighted by molar-refractivity contribution is 0.547. The van der Waals surface area contributed by atoms with E-state index in [2.05, 4.69) is 0 Å². The first-order chi connectivity index (χ1) is 9.40. The van der Waals surface area contributed by atoms with E-state index in [-0.39, 0.29) is 0 Å². The Kier molecular flexibility index (Phi) is 4.15. The molecule has 0 radical (unpaired) electrons. The molecule has 0 heterocycles. The van der Waals surface area contributed by atoms with Crippen LogP contribution < -0.4 is 5.73 Å². The van der Waals surface area contributed by atoms with Gasteiger partial charge in [0.1, 0.15) is 16.5 Å². The molecule has 20 heavy (non-hydrogen) atoms. The number of benzene rings is 2. The molecular weight excluding hydrogens is 284 g/mol. The van der Waals surface area contributed by atoms with Gasteiger partial charge >= 0.3 is 0 Å². The van der Waals surface area contributed by atoms with Crippen LogP contribution in [0.15, 0.2) is 53.4 Å². The molecular formula is C14H13F2NO2S. The number of rotatable bonds is 4. The molecule has 3 nitrogen and oxygen atoms in total. The predicted octanol–water partition coefficient (Wildman–Crippen LogP) is 2.44. The maximum atomic E-state index is 13.5. The Bertz CT molecular complexity index is 702. The second kappa shape index (κ2) is 5.68. The van der Waals surface area contributed by atoms with Crippen LogP contribution in [0.1, 0.15) is 11.6 Å². The van der Waals surface area contributed by atoms with Gasteiger partial charge in [0.05, 0.1) is 5.75 Å². The van der Waals surface area contributed by atoms with Crippen LogP contribution in [0.4, 0.5) is 8.78 Å². The zero-order chi connectivity index (χ0) is 14.8. The van der Waals surface area contributed by atoms with Crippen molar-refractivity contribution in [3.8, 4) is 0 Å². The Morgan fingerprint density at radius 3 is 2.30 bits per heavy atom. The highest BCUT2D eigenvalue weighted by atomic mass is 32.2. The van der Waals surface area contributed by atoms with Crippen molar-refractivity contribution in [2.45, 2.75) is 10.9 Å². The first-order valence-corrected chi connectivity index (χ1v) is 7.54. The van der Waals surface area contributed by atoms with Crippen LogP contribution in [0.25, 0.3) is 0 Å². The molecule has 106 valence electrons. The standard InChI is InChI=1S/C14H13F2NO2S/c15-11-6-7-14(12(16)8-11)20(18,19)9-13(17)10-4-2-1-3-5-10/h1-8,13H,9,17H2. The fraction of sp³-hybridized carbons (Fsp3) is 0.143. The van der Waals surface area contributed by atoms with E-state index in [9.17, 15) is 17.2 Å². The van der Waals surface area contributed by atoms with E-state index < -0.39 is 38.2 Å². The highest BCUT2D eigenvalue weighted by Gasteiger charge is 2.23. The third-order valence-electron chi connectivity index (χ3n) is 2.86. The van der Waals surface area contributed by atoms with Crippen molar-refractivity contribution in [1.82, 2.24) is 0 Å². The van der Waals surface area contributed by atoms with Gasteiger partial charge in [0.15, 0.2) is 9.84 Å². The van der Waals surface area contributed by atoms with Crippen LogP contribution in [0.5, 0.6) is 0 Å². The Balaban J connectivity index is 2.28. The van der Waals surface area contributed by atoms with Crippen molar-refractivity contribution < 1.29 is 17.2 Å². The van der Waals surface area contributed by atoms with E-state index in [0.717, 1.165) is 12.1 Å². The summed E-state index contributed by atoms with van der Waals surface area (Å²) in [6, 6.07) is 10.2. The summed E-state index contributed by atoms with van der Waals surface area (Å²) in [7, 11) is -3.92. The average molecular weight is 297 g/mol. The monoisotopic (exact) mass is 297 g/mol. The Labute approximate surface area is 116 Å². The highest BCUT2D eigenvalue weighted by molar-refractivity contribution is 7.91. The van der Waals surface area contributed by atoms with E-state index in [1.165, 1.54) is 0 Å². The van der Waals surface area contributed by atoms with Gasteiger partial charge < -0.3 is 5.73 Å². The van der Waals surface area contributed by atoms with Crippen molar-refractivity contribution in [2.24, 2.45) is 5.73 Å². The van der Waals surface area contributed by atoms with Crippen molar-refractivity contribution in [3.63, 3.8) is 0 Å². The summed E-state index contributed by atoms with van der Waals surface area (Å²) in [5.74, 6) is -2.38. The topological polar surface area (TPSA) is 60.2 Å². The maximum Gasteiger partial charge on any atom is 0.183 e. The first-order valence-electron chi connectivity index (χ1n) is 5.88. The molecule has 2 N–H and O–H groups in total. The molecule has 0 fully saturated rings. The van der Waals surface area contributed by atoms with Gasteiger partial charge in [0.25, 0.3) is 0 Å². The van der Waals surface area contributed by atoms with Crippen LogP contribution in [-0.4, -0.2) is 14.2 Å².